The van der Waals surface area contributed by atoms with Crippen LogP contribution in [0.1, 0.15) is 30.0 Å². The van der Waals surface area contributed by atoms with Crippen LogP contribution < -0.4 is 5.32 Å². The van der Waals surface area contributed by atoms with E-state index < -0.39 is 0 Å². The van der Waals surface area contributed by atoms with Crippen molar-refractivity contribution in [1.29, 1.82) is 0 Å². The third-order valence-electron chi connectivity index (χ3n) is 4.47. The summed E-state index contributed by atoms with van der Waals surface area (Å²) in [6.45, 7) is 2.20. The lowest BCUT2D eigenvalue weighted by Gasteiger charge is -2.24. The van der Waals surface area contributed by atoms with Gasteiger partial charge in [-0.25, -0.2) is 0 Å². The summed E-state index contributed by atoms with van der Waals surface area (Å²) in [5.74, 6) is 0.128. The van der Waals surface area contributed by atoms with Crippen LogP contribution in [0.4, 0.5) is 0 Å². The van der Waals surface area contributed by atoms with E-state index in [4.69, 9.17) is 0 Å². The monoisotopic (exact) mass is 308 g/mol. The van der Waals surface area contributed by atoms with Gasteiger partial charge in [0.1, 0.15) is 0 Å². The van der Waals surface area contributed by atoms with Crippen LogP contribution in [0, 0.1) is 0 Å². The van der Waals surface area contributed by atoms with Gasteiger partial charge in [-0.15, -0.1) is 0 Å². The minimum absolute atomic E-state index is 0.128. The fourth-order valence-electron chi connectivity index (χ4n) is 3.30. The van der Waals surface area contributed by atoms with Gasteiger partial charge in [-0.1, -0.05) is 60.7 Å². The molecule has 2 aromatic carbocycles. The van der Waals surface area contributed by atoms with Crippen LogP contribution in [0.15, 0.2) is 60.7 Å². The minimum atomic E-state index is 0.128. The number of rotatable bonds is 6. The predicted octanol–water partition coefficient (Wildman–Crippen LogP) is 3.18. The molecule has 1 aliphatic heterocycles. The molecule has 120 valence electrons. The Bertz CT molecular complexity index is 612. The Kier molecular flexibility index (Phi) is 5.43. The van der Waals surface area contributed by atoms with Gasteiger partial charge < -0.3 is 5.32 Å². The molecule has 1 heterocycles. The van der Waals surface area contributed by atoms with Crippen LogP contribution in [0.3, 0.4) is 0 Å². The van der Waals surface area contributed by atoms with Crippen molar-refractivity contribution >= 4 is 5.91 Å². The Balaban J connectivity index is 1.47. The summed E-state index contributed by atoms with van der Waals surface area (Å²) >= 11 is 0. The minimum Gasteiger partial charge on any atom is -0.355 e. The van der Waals surface area contributed by atoms with Gasteiger partial charge in [-0.2, -0.15) is 0 Å². The van der Waals surface area contributed by atoms with Gasteiger partial charge >= 0.3 is 0 Å². The van der Waals surface area contributed by atoms with Gasteiger partial charge in [0.25, 0.3) is 0 Å². The van der Waals surface area contributed by atoms with E-state index in [-0.39, 0.29) is 5.91 Å². The molecule has 1 fully saturated rings. The van der Waals surface area contributed by atoms with Crippen molar-refractivity contribution < 1.29 is 4.79 Å². The van der Waals surface area contributed by atoms with Crippen molar-refractivity contribution in [2.45, 2.75) is 25.3 Å². The Morgan fingerprint density at radius 2 is 1.74 bits per heavy atom. The normalized spacial score (nSPS) is 18.0. The van der Waals surface area contributed by atoms with E-state index in [9.17, 15) is 4.79 Å². The fraction of sp³-hybridized carbons (Fsp3) is 0.350. The van der Waals surface area contributed by atoms with Gasteiger partial charge in [0, 0.05) is 12.6 Å². The van der Waals surface area contributed by atoms with E-state index in [1.807, 2.05) is 24.3 Å². The van der Waals surface area contributed by atoms with E-state index in [0.29, 0.717) is 19.1 Å². The van der Waals surface area contributed by atoms with Gasteiger partial charge in [0.15, 0.2) is 0 Å². The highest BCUT2D eigenvalue weighted by atomic mass is 16.2. The number of hydrogen-bond acceptors (Lipinski definition) is 2. The van der Waals surface area contributed by atoms with Gasteiger partial charge in [-0.3, -0.25) is 9.69 Å². The molecule has 23 heavy (non-hydrogen) atoms. The van der Waals surface area contributed by atoms with E-state index in [1.54, 1.807) is 0 Å². The molecule has 0 aromatic heterocycles. The van der Waals surface area contributed by atoms with Crippen molar-refractivity contribution in [3.8, 4) is 0 Å². The number of nitrogens with zero attached hydrogens (tertiary/aromatic N) is 1. The Labute approximate surface area is 138 Å². The number of amides is 1. The maximum atomic E-state index is 12.2. The number of likely N-dealkylation sites (tertiary alicyclic amines) is 1. The average Bonchev–Trinajstić information content (AvgIpc) is 3.05. The largest absolute Gasteiger partial charge is 0.355 e. The molecular formula is C20H24N2O. The van der Waals surface area contributed by atoms with Gasteiger partial charge in [-0.05, 0) is 36.9 Å². The van der Waals surface area contributed by atoms with E-state index >= 15 is 0 Å². The zero-order valence-corrected chi connectivity index (χ0v) is 13.4. The van der Waals surface area contributed by atoms with Gasteiger partial charge in [0.05, 0.1) is 6.54 Å². The Morgan fingerprint density at radius 1 is 1.04 bits per heavy atom. The molecule has 0 radical (unpaired) electrons. The third-order valence-corrected chi connectivity index (χ3v) is 4.47. The Hall–Kier alpha value is -2.13. The first-order valence-corrected chi connectivity index (χ1v) is 8.42. The van der Waals surface area contributed by atoms with Crippen LogP contribution in [-0.2, 0) is 11.2 Å². The topological polar surface area (TPSA) is 32.3 Å². The van der Waals surface area contributed by atoms with Crippen molar-refractivity contribution in [3.05, 3.63) is 71.8 Å². The van der Waals surface area contributed by atoms with Crippen molar-refractivity contribution in [2.24, 2.45) is 0 Å². The van der Waals surface area contributed by atoms with Crippen LogP contribution in [-0.4, -0.2) is 30.4 Å². The molecule has 1 amide bonds. The lowest BCUT2D eigenvalue weighted by molar-refractivity contribution is -0.122. The molecule has 1 N–H and O–H groups in total. The molecule has 0 spiro atoms. The van der Waals surface area contributed by atoms with E-state index in [2.05, 4.69) is 46.6 Å². The van der Waals surface area contributed by atoms with Gasteiger partial charge in [0.2, 0.25) is 5.91 Å². The zero-order chi connectivity index (χ0) is 15.9. The average molecular weight is 308 g/mol. The molecule has 0 bridgehead atoms. The molecule has 3 rings (SSSR count). The summed E-state index contributed by atoms with van der Waals surface area (Å²) in [4.78, 5) is 14.5. The summed E-state index contributed by atoms with van der Waals surface area (Å²) < 4.78 is 0. The smallest absolute Gasteiger partial charge is 0.234 e. The van der Waals surface area contributed by atoms with Crippen LogP contribution in [0.5, 0.6) is 0 Å². The number of nitrogens with one attached hydrogen (secondary N) is 1. The SMILES string of the molecule is O=C(CN1CCCC1c1ccccc1)NCCc1ccccc1. The zero-order valence-electron chi connectivity index (χ0n) is 13.4. The molecular weight excluding hydrogens is 284 g/mol. The second-order valence-corrected chi connectivity index (χ2v) is 6.12. The molecule has 1 aliphatic rings. The first-order valence-electron chi connectivity index (χ1n) is 8.42. The van der Waals surface area contributed by atoms with Crippen LogP contribution in [0.2, 0.25) is 0 Å². The molecule has 1 atom stereocenters. The standard InChI is InChI=1S/C20H24N2O/c23-20(21-14-13-17-8-3-1-4-9-17)16-22-15-7-12-19(22)18-10-5-2-6-11-18/h1-6,8-11,19H,7,12-16H2,(H,21,23). The molecule has 1 saturated heterocycles. The number of carbonyl (C=O) groups is 1. The highest BCUT2D eigenvalue weighted by molar-refractivity contribution is 5.78. The summed E-state index contributed by atoms with van der Waals surface area (Å²) in [6.07, 6.45) is 3.19. The molecule has 3 nitrogen and oxygen atoms in total. The maximum Gasteiger partial charge on any atom is 0.234 e. The molecule has 0 saturated carbocycles. The second kappa shape index (κ2) is 7.93. The van der Waals surface area contributed by atoms with Crippen molar-refractivity contribution in [3.63, 3.8) is 0 Å². The predicted molar refractivity (Wildman–Crippen MR) is 93.1 cm³/mol. The summed E-state index contributed by atoms with van der Waals surface area (Å²) in [5.41, 5.74) is 2.58. The number of carbonyl (C=O) groups excluding carboxylic acids is 1. The molecule has 3 heteroatoms. The van der Waals surface area contributed by atoms with Crippen LogP contribution >= 0.6 is 0 Å². The van der Waals surface area contributed by atoms with Crippen molar-refractivity contribution in [1.82, 2.24) is 10.2 Å². The highest BCUT2D eigenvalue weighted by Crippen LogP contribution is 2.31. The second-order valence-electron chi connectivity index (χ2n) is 6.12. The lowest BCUT2D eigenvalue weighted by Crippen LogP contribution is -2.37. The molecule has 2 aromatic rings. The third kappa shape index (κ3) is 4.42. The fourth-order valence-corrected chi connectivity index (χ4v) is 3.30. The van der Waals surface area contributed by atoms with E-state index in [0.717, 1.165) is 25.8 Å². The Morgan fingerprint density at radius 3 is 2.48 bits per heavy atom. The maximum absolute atomic E-state index is 12.2. The first kappa shape index (κ1) is 15.8. The van der Waals surface area contributed by atoms with E-state index in [1.165, 1.54) is 11.1 Å². The lowest BCUT2D eigenvalue weighted by atomic mass is 10.0. The highest BCUT2D eigenvalue weighted by Gasteiger charge is 2.27. The quantitative estimate of drug-likeness (QED) is 0.889. The summed E-state index contributed by atoms with van der Waals surface area (Å²) in [7, 11) is 0. The summed E-state index contributed by atoms with van der Waals surface area (Å²) in [6, 6.07) is 21.2. The first-order chi connectivity index (χ1) is 11.3. The number of hydrogen-bond donors (Lipinski definition) is 1. The van der Waals surface area contributed by atoms with Crippen molar-refractivity contribution in [2.75, 3.05) is 19.6 Å². The van der Waals surface area contributed by atoms with Crippen LogP contribution in [0.25, 0.3) is 0 Å². The summed E-state index contributed by atoms with van der Waals surface area (Å²) in [5, 5.41) is 3.05. The molecule has 1 unspecified atom stereocenters. The number of benzene rings is 2. The molecule has 0 aliphatic carbocycles.